The minimum Gasteiger partial charge on any atom is -0.477 e. The van der Waals surface area contributed by atoms with E-state index in [1.807, 2.05) is 0 Å². The van der Waals surface area contributed by atoms with Gasteiger partial charge in [0.15, 0.2) is 0 Å². The SMILES string of the molecule is N[C@@H]1C(O)C[C@](O)(C(=O)O)OC1[C@H](O)C(O)CO. The number of aliphatic hydroxyl groups excluding tert-OH is 4. The van der Waals surface area contributed by atoms with Gasteiger partial charge < -0.3 is 41.1 Å². The van der Waals surface area contributed by atoms with E-state index in [-0.39, 0.29) is 0 Å². The lowest BCUT2D eigenvalue weighted by atomic mass is 9.89. The highest BCUT2D eigenvalue weighted by atomic mass is 16.7. The Bertz CT molecular complexity index is 313. The lowest BCUT2D eigenvalue weighted by Crippen LogP contribution is -2.65. The molecule has 0 aromatic rings. The van der Waals surface area contributed by atoms with E-state index in [2.05, 4.69) is 0 Å². The van der Waals surface area contributed by atoms with Crippen molar-refractivity contribution in [1.29, 1.82) is 0 Å². The van der Waals surface area contributed by atoms with Gasteiger partial charge in [-0.05, 0) is 0 Å². The highest BCUT2D eigenvalue weighted by molar-refractivity contribution is 5.75. The summed E-state index contributed by atoms with van der Waals surface area (Å²) in [5, 5.41) is 55.5. The van der Waals surface area contributed by atoms with Crippen LogP contribution >= 0.6 is 0 Å². The molecule has 1 fully saturated rings. The monoisotopic (exact) mass is 267 g/mol. The van der Waals surface area contributed by atoms with Gasteiger partial charge in [-0.2, -0.15) is 0 Å². The van der Waals surface area contributed by atoms with Gasteiger partial charge in [0.25, 0.3) is 5.79 Å². The number of hydrogen-bond donors (Lipinski definition) is 7. The van der Waals surface area contributed by atoms with Crippen molar-refractivity contribution < 1.29 is 40.2 Å². The largest absolute Gasteiger partial charge is 0.477 e. The third-order valence-corrected chi connectivity index (χ3v) is 2.89. The molecule has 1 rings (SSSR count). The van der Waals surface area contributed by atoms with Crippen molar-refractivity contribution in [2.24, 2.45) is 5.73 Å². The molecule has 106 valence electrons. The van der Waals surface area contributed by atoms with Crippen LogP contribution in [0.1, 0.15) is 6.42 Å². The van der Waals surface area contributed by atoms with Gasteiger partial charge in [-0.3, -0.25) is 0 Å². The molecule has 18 heavy (non-hydrogen) atoms. The van der Waals surface area contributed by atoms with Gasteiger partial charge in [-0.1, -0.05) is 0 Å². The summed E-state index contributed by atoms with van der Waals surface area (Å²) in [4.78, 5) is 10.8. The number of aliphatic carboxylic acids is 1. The van der Waals surface area contributed by atoms with Crippen LogP contribution in [0.3, 0.4) is 0 Å². The van der Waals surface area contributed by atoms with Crippen molar-refractivity contribution in [3.63, 3.8) is 0 Å². The van der Waals surface area contributed by atoms with Crippen LogP contribution < -0.4 is 5.73 Å². The quantitative estimate of drug-likeness (QED) is 0.267. The van der Waals surface area contributed by atoms with Crippen LogP contribution in [0.25, 0.3) is 0 Å². The summed E-state index contributed by atoms with van der Waals surface area (Å²) in [6.07, 6.45) is -7.01. The number of carboxylic acids is 1. The first kappa shape index (κ1) is 15.2. The van der Waals surface area contributed by atoms with E-state index in [1.54, 1.807) is 0 Å². The molecule has 9 nitrogen and oxygen atoms in total. The first-order valence-corrected chi connectivity index (χ1v) is 5.27. The second-order valence-electron chi connectivity index (χ2n) is 4.26. The van der Waals surface area contributed by atoms with Crippen LogP contribution in [-0.4, -0.2) is 79.5 Å². The van der Waals surface area contributed by atoms with Gasteiger partial charge in [-0.15, -0.1) is 0 Å². The summed E-state index contributed by atoms with van der Waals surface area (Å²) in [6.45, 7) is -0.810. The van der Waals surface area contributed by atoms with E-state index >= 15 is 0 Å². The van der Waals surface area contributed by atoms with Crippen molar-refractivity contribution in [1.82, 2.24) is 0 Å². The van der Waals surface area contributed by atoms with Crippen LogP contribution in [0.2, 0.25) is 0 Å². The highest BCUT2D eigenvalue weighted by Crippen LogP contribution is 2.29. The molecule has 0 saturated carbocycles. The number of nitrogens with two attached hydrogens (primary N) is 1. The predicted molar refractivity (Wildman–Crippen MR) is 55.2 cm³/mol. The Hall–Kier alpha value is -0.810. The average Bonchev–Trinajstić information content (AvgIpc) is 2.31. The second-order valence-corrected chi connectivity index (χ2v) is 4.26. The van der Waals surface area contributed by atoms with Crippen LogP contribution in [0, 0.1) is 0 Å². The van der Waals surface area contributed by atoms with Gasteiger partial charge in [-0.25, -0.2) is 4.79 Å². The van der Waals surface area contributed by atoms with Crippen molar-refractivity contribution in [2.45, 2.75) is 42.7 Å². The molecule has 9 heteroatoms. The molecule has 0 bridgehead atoms. The molecule has 8 N–H and O–H groups in total. The molecule has 1 aliphatic rings. The van der Waals surface area contributed by atoms with Crippen molar-refractivity contribution >= 4 is 5.97 Å². The van der Waals surface area contributed by atoms with Crippen molar-refractivity contribution in [3.8, 4) is 0 Å². The smallest absolute Gasteiger partial charge is 0.364 e. The fraction of sp³-hybridized carbons (Fsp3) is 0.889. The Balaban J connectivity index is 2.92. The molecule has 0 spiro atoms. The third-order valence-electron chi connectivity index (χ3n) is 2.89. The first-order valence-electron chi connectivity index (χ1n) is 5.27. The molecule has 1 aliphatic heterocycles. The molecular formula is C9H17NO8. The molecule has 0 aliphatic carbocycles. The Kier molecular flexibility index (Phi) is 4.61. The lowest BCUT2D eigenvalue weighted by Gasteiger charge is -2.43. The predicted octanol–water partition coefficient (Wildman–Crippen LogP) is -4.05. The molecule has 0 aromatic heterocycles. The molecule has 0 amide bonds. The Morgan fingerprint density at radius 1 is 1.50 bits per heavy atom. The number of hydrogen-bond acceptors (Lipinski definition) is 8. The first-order chi connectivity index (χ1) is 8.23. The number of ether oxygens (including phenoxy) is 1. The van der Waals surface area contributed by atoms with Crippen molar-refractivity contribution in [2.75, 3.05) is 6.61 Å². The summed E-state index contributed by atoms with van der Waals surface area (Å²) in [5.41, 5.74) is 5.51. The van der Waals surface area contributed by atoms with E-state index in [9.17, 15) is 25.2 Å². The molecule has 0 radical (unpaired) electrons. The standard InChI is InChI=1S/C9H17NO8/c10-5-3(12)1-9(17,8(15)16)18-7(5)6(14)4(13)2-11/h3-7,11-14,17H,1-2,10H2,(H,15,16)/t3?,4?,5-,6-,7?,9-/m1/s1. The summed E-state index contributed by atoms with van der Waals surface area (Å²) >= 11 is 0. The number of rotatable bonds is 4. The zero-order valence-electron chi connectivity index (χ0n) is 9.38. The minimum atomic E-state index is -2.70. The molecular weight excluding hydrogens is 250 g/mol. The zero-order valence-corrected chi connectivity index (χ0v) is 9.38. The maximum absolute atomic E-state index is 10.8. The van der Waals surface area contributed by atoms with E-state index in [1.165, 1.54) is 0 Å². The summed E-state index contributed by atoms with van der Waals surface area (Å²) in [7, 11) is 0. The van der Waals surface area contributed by atoms with Gasteiger partial charge in [0.2, 0.25) is 0 Å². The van der Waals surface area contributed by atoms with E-state index < -0.39 is 55.2 Å². The third kappa shape index (κ3) is 2.78. The molecule has 1 heterocycles. The molecule has 1 saturated heterocycles. The topological polar surface area (TPSA) is 174 Å². The molecule has 3 unspecified atom stereocenters. The summed E-state index contributed by atoms with van der Waals surface area (Å²) < 4.78 is 4.75. The zero-order chi connectivity index (χ0) is 14.1. The van der Waals surface area contributed by atoms with Crippen molar-refractivity contribution in [3.05, 3.63) is 0 Å². The average molecular weight is 267 g/mol. The maximum Gasteiger partial charge on any atom is 0.364 e. The van der Waals surface area contributed by atoms with Crippen LogP contribution in [-0.2, 0) is 9.53 Å². The number of aliphatic hydroxyl groups is 5. The van der Waals surface area contributed by atoms with Crippen LogP contribution in [0.5, 0.6) is 0 Å². The van der Waals surface area contributed by atoms with E-state index in [0.29, 0.717) is 0 Å². The van der Waals surface area contributed by atoms with Gasteiger partial charge in [0.1, 0.15) is 18.3 Å². The van der Waals surface area contributed by atoms with Crippen LogP contribution in [0.4, 0.5) is 0 Å². The van der Waals surface area contributed by atoms with Crippen LogP contribution in [0.15, 0.2) is 0 Å². The van der Waals surface area contributed by atoms with E-state index in [4.69, 9.17) is 20.7 Å². The molecule has 0 aromatic carbocycles. The number of carbonyl (C=O) groups is 1. The Morgan fingerprint density at radius 2 is 2.06 bits per heavy atom. The Morgan fingerprint density at radius 3 is 2.50 bits per heavy atom. The van der Waals surface area contributed by atoms with E-state index in [0.717, 1.165) is 0 Å². The normalized spacial score (nSPS) is 40.2. The van der Waals surface area contributed by atoms with Gasteiger partial charge in [0, 0.05) is 6.42 Å². The number of carboxylic acid groups (broad SMARTS) is 1. The minimum absolute atomic E-state index is 0.665. The fourth-order valence-electron chi connectivity index (χ4n) is 1.75. The van der Waals surface area contributed by atoms with Gasteiger partial charge >= 0.3 is 5.97 Å². The second kappa shape index (κ2) is 5.45. The summed E-state index contributed by atoms with van der Waals surface area (Å²) in [6, 6.07) is -1.21. The lowest BCUT2D eigenvalue weighted by molar-refractivity contribution is -0.292. The highest BCUT2D eigenvalue weighted by Gasteiger charge is 2.52. The van der Waals surface area contributed by atoms with Gasteiger partial charge in [0.05, 0.1) is 18.8 Å². The summed E-state index contributed by atoms with van der Waals surface area (Å²) in [5.74, 6) is -4.44. The fourth-order valence-corrected chi connectivity index (χ4v) is 1.75. The Labute approximate surface area is 102 Å². The maximum atomic E-state index is 10.8. The molecule has 6 atom stereocenters.